The van der Waals surface area contributed by atoms with Crippen molar-refractivity contribution < 1.29 is 13.9 Å². The Morgan fingerprint density at radius 2 is 1.52 bits per heavy atom. The molecule has 42 heavy (non-hydrogen) atoms. The summed E-state index contributed by atoms with van der Waals surface area (Å²) in [6, 6.07) is 20.8. The first-order chi connectivity index (χ1) is 20.0. The molecule has 3 aromatic carbocycles. The first-order valence-electron chi connectivity index (χ1n) is 14.7. The Balaban J connectivity index is 0.000000179. The van der Waals surface area contributed by atoms with Crippen molar-refractivity contribution in [3.8, 4) is 0 Å². The van der Waals surface area contributed by atoms with Gasteiger partial charge in [-0.3, -0.25) is 0 Å². The molecule has 1 atom stereocenters. The SMILES string of the molecule is CC(O)C(F)(F)c1ccc(CC=C2CCC2)cc1.CNc1ccc(C=C2CCC2)cc1.Cc1cc(Cl)cc(N(C)C)c1. The molecular weight excluding hydrogens is 550 g/mol. The van der Waals surface area contributed by atoms with E-state index in [9.17, 15) is 8.78 Å². The van der Waals surface area contributed by atoms with Crippen LogP contribution in [-0.4, -0.2) is 32.4 Å². The van der Waals surface area contributed by atoms with Gasteiger partial charge in [-0.15, -0.1) is 0 Å². The molecule has 0 bridgehead atoms. The smallest absolute Gasteiger partial charge is 0.298 e. The highest BCUT2D eigenvalue weighted by Crippen LogP contribution is 2.32. The summed E-state index contributed by atoms with van der Waals surface area (Å²) in [4.78, 5) is 2.04. The molecule has 0 spiro atoms. The van der Waals surface area contributed by atoms with Crippen molar-refractivity contribution in [2.75, 3.05) is 31.4 Å². The van der Waals surface area contributed by atoms with Crippen molar-refractivity contribution in [2.45, 2.75) is 70.8 Å². The van der Waals surface area contributed by atoms with Crippen molar-refractivity contribution in [3.05, 3.63) is 111 Å². The summed E-state index contributed by atoms with van der Waals surface area (Å²) in [6.45, 7) is 3.15. The molecule has 1 unspecified atom stereocenters. The second-order valence-electron chi connectivity index (χ2n) is 11.3. The number of nitrogens with zero attached hydrogens (tertiary/aromatic N) is 1. The average molecular weight is 595 g/mol. The van der Waals surface area contributed by atoms with Crippen LogP contribution in [0.3, 0.4) is 0 Å². The van der Waals surface area contributed by atoms with Crippen LogP contribution in [0.15, 0.2) is 84.0 Å². The lowest BCUT2D eigenvalue weighted by Crippen LogP contribution is -2.27. The summed E-state index contributed by atoms with van der Waals surface area (Å²) < 4.78 is 27.1. The highest BCUT2D eigenvalue weighted by Gasteiger charge is 2.37. The molecule has 0 radical (unpaired) electrons. The summed E-state index contributed by atoms with van der Waals surface area (Å²) in [5.74, 6) is -3.18. The lowest BCUT2D eigenvalue weighted by atomic mass is 9.91. The molecule has 3 nitrogen and oxygen atoms in total. The predicted molar refractivity (Wildman–Crippen MR) is 176 cm³/mol. The molecule has 0 aliphatic heterocycles. The van der Waals surface area contributed by atoms with E-state index >= 15 is 0 Å². The molecule has 2 fully saturated rings. The minimum absolute atomic E-state index is 0.127. The van der Waals surface area contributed by atoms with E-state index in [1.807, 2.05) is 45.1 Å². The molecule has 2 N–H and O–H groups in total. The van der Waals surface area contributed by atoms with E-state index in [0.717, 1.165) is 29.6 Å². The maximum atomic E-state index is 13.5. The van der Waals surface area contributed by atoms with E-state index in [0.29, 0.717) is 0 Å². The van der Waals surface area contributed by atoms with E-state index in [2.05, 4.69) is 47.8 Å². The third-order valence-corrected chi connectivity index (χ3v) is 7.81. The van der Waals surface area contributed by atoms with Crippen LogP contribution in [0.1, 0.15) is 67.7 Å². The molecule has 5 rings (SSSR count). The van der Waals surface area contributed by atoms with Crippen molar-refractivity contribution in [1.29, 1.82) is 0 Å². The minimum Gasteiger partial charge on any atom is -0.388 e. The number of halogens is 3. The van der Waals surface area contributed by atoms with Gasteiger partial charge in [0, 0.05) is 43.1 Å². The highest BCUT2D eigenvalue weighted by molar-refractivity contribution is 6.30. The second-order valence-corrected chi connectivity index (χ2v) is 11.8. The van der Waals surface area contributed by atoms with Gasteiger partial charge in [-0.25, -0.2) is 0 Å². The van der Waals surface area contributed by atoms with Gasteiger partial charge in [0.1, 0.15) is 6.10 Å². The Hall–Kier alpha value is -3.15. The van der Waals surface area contributed by atoms with Gasteiger partial charge < -0.3 is 15.3 Å². The second kappa shape index (κ2) is 15.9. The van der Waals surface area contributed by atoms with Gasteiger partial charge >= 0.3 is 0 Å². The number of rotatable bonds is 7. The van der Waals surface area contributed by atoms with Crippen LogP contribution in [0.2, 0.25) is 5.02 Å². The Kier molecular flexibility index (Phi) is 12.6. The van der Waals surface area contributed by atoms with Crippen molar-refractivity contribution >= 4 is 29.1 Å². The number of allylic oxidation sites excluding steroid dienone is 3. The molecule has 2 aliphatic carbocycles. The number of anilines is 2. The molecule has 3 aromatic rings. The molecule has 0 amide bonds. The van der Waals surface area contributed by atoms with Gasteiger partial charge in [-0.1, -0.05) is 71.3 Å². The number of hydrogen-bond donors (Lipinski definition) is 2. The molecule has 0 saturated heterocycles. The third kappa shape index (κ3) is 10.3. The summed E-state index contributed by atoms with van der Waals surface area (Å²) in [5.41, 5.74) is 8.81. The van der Waals surface area contributed by atoms with Crippen LogP contribution < -0.4 is 10.2 Å². The first-order valence-corrected chi connectivity index (χ1v) is 15.1. The quantitative estimate of drug-likeness (QED) is 0.267. The van der Waals surface area contributed by atoms with Crippen LogP contribution in [-0.2, 0) is 12.3 Å². The van der Waals surface area contributed by atoms with Crippen molar-refractivity contribution in [2.24, 2.45) is 0 Å². The number of benzene rings is 3. The lowest BCUT2D eigenvalue weighted by molar-refractivity contribution is -0.106. The zero-order valence-corrected chi connectivity index (χ0v) is 26.3. The minimum atomic E-state index is -3.18. The van der Waals surface area contributed by atoms with Crippen LogP contribution in [0.5, 0.6) is 0 Å². The zero-order chi connectivity index (χ0) is 30.7. The Morgan fingerprint density at radius 3 is 1.98 bits per heavy atom. The Bertz CT molecular complexity index is 1300. The van der Waals surface area contributed by atoms with Gasteiger partial charge in [0.2, 0.25) is 0 Å². The van der Waals surface area contributed by atoms with Crippen LogP contribution >= 0.6 is 11.6 Å². The molecule has 2 saturated carbocycles. The number of alkyl halides is 2. The number of aliphatic hydroxyl groups excluding tert-OH is 1. The fraction of sp³-hybridized carbons (Fsp3) is 0.389. The van der Waals surface area contributed by atoms with E-state index < -0.39 is 12.0 Å². The summed E-state index contributed by atoms with van der Waals surface area (Å²) in [6.07, 6.45) is 11.2. The van der Waals surface area contributed by atoms with Crippen LogP contribution in [0.25, 0.3) is 6.08 Å². The number of nitrogens with one attached hydrogen (secondary N) is 1. The first kappa shape index (κ1) is 33.4. The highest BCUT2D eigenvalue weighted by atomic mass is 35.5. The Labute approximate surface area is 255 Å². The molecule has 0 heterocycles. The Morgan fingerprint density at radius 1 is 0.929 bits per heavy atom. The van der Waals surface area contributed by atoms with Crippen LogP contribution in [0, 0.1) is 6.92 Å². The standard InChI is InChI=1S/C15H18F2O.C12H15N.C9H12ClN/c1-11(18)15(16,17)14-9-7-13(8-10-14)6-5-12-3-2-4-12;1-13-12-7-5-11(6-8-12)9-10-3-2-4-10;1-7-4-8(10)6-9(5-7)11(2)3/h5,7-11,18H,2-4,6H2,1H3;5-9,13H,2-4H2,1H3;4-6H,1-3H3. The molecule has 0 aromatic heterocycles. The van der Waals surface area contributed by atoms with E-state index in [1.54, 1.807) is 17.7 Å². The maximum Gasteiger partial charge on any atom is 0.298 e. The number of aryl methyl sites for hydroxylation is 1. The average Bonchev–Trinajstić information content (AvgIpc) is 2.90. The van der Waals surface area contributed by atoms with E-state index in [1.165, 1.54) is 73.0 Å². The summed E-state index contributed by atoms with van der Waals surface area (Å²) in [5, 5.41) is 13.0. The fourth-order valence-corrected chi connectivity index (χ4v) is 4.72. The monoisotopic (exact) mass is 594 g/mol. The topological polar surface area (TPSA) is 35.5 Å². The molecular formula is C36H45ClF2N2O. The molecule has 2 aliphatic rings. The molecule has 226 valence electrons. The summed E-state index contributed by atoms with van der Waals surface area (Å²) in [7, 11) is 5.95. The van der Waals surface area contributed by atoms with Gasteiger partial charge in [0.05, 0.1) is 0 Å². The van der Waals surface area contributed by atoms with Crippen LogP contribution in [0.4, 0.5) is 20.2 Å². The third-order valence-electron chi connectivity index (χ3n) is 7.59. The van der Waals surface area contributed by atoms with Gasteiger partial charge in [-0.2, -0.15) is 8.78 Å². The van der Waals surface area contributed by atoms with E-state index in [4.69, 9.17) is 16.7 Å². The number of aliphatic hydroxyl groups is 1. The normalized spacial score (nSPS) is 14.6. The molecule has 6 heteroatoms. The van der Waals surface area contributed by atoms with Gasteiger partial charge in [0.25, 0.3) is 5.92 Å². The van der Waals surface area contributed by atoms with Gasteiger partial charge in [-0.05, 0) is 106 Å². The fourth-order valence-electron chi connectivity index (χ4n) is 4.43. The largest absolute Gasteiger partial charge is 0.388 e. The van der Waals surface area contributed by atoms with Crippen molar-refractivity contribution in [3.63, 3.8) is 0 Å². The summed E-state index contributed by atoms with van der Waals surface area (Å²) >= 11 is 5.87. The lowest BCUT2D eigenvalue weighted by Gasteiger charge is -2.20. The zero-order valence-electron chi connectivity index (χ0n) is 25.6. The number of hydrogen-bond acceptors (Lipinski definition) is 3. The predicted octanol–water partition coefficient (Wildman–Crippen LogP) is 9.82. The van der Waals surface area contributed by atoms with Gasteiger partial charge in [0.15, 0.2) is 0 Å². The van der Waals surface area contributed by atoms with Crippen molar-refractivity contribution in [1.82, 2.24) is 0 Å². The maximum absolute atomic E-state index is 13.5. The van der Waals surface area contributed by atoms with E-state index in [-0.39, 0.29) is 5.56 Å².